The molecule has 0 saturated heterocycles. The Labute approximate surface area is 141 Å². The smallest absolute Gasteiger partial charge is 0.191 e. The second-order valence-electron chi connectivity index (χ2n) is 5.96. The quantitative estimate of drug-likeness (QED) is 0.494. The number of ether oxygens (including phenoxy) is 2. The highest BCUT2D eigenvalue weighted by Crippen LogP contribution is 2.29. The number of nitrogens with zero attached hydrogens (tertiary/aromatic N) is 1. The molecule has 0 spiro atoms. The summed E-state index contributed by atoms with van der Waals surface area (Å²) >= 11 is 0. The Morgan fingerprint density at radius 1 is 1.33 bits per heavy atom. The second kappa shape index (κ2) is 8.15. The first-order valence-electron chi connectivity index (χ1n) is 8.48. The van der Waals surface area contributed by atoms with Crippen LogP contribution in [-0.4, -0.2) is 31.9 Å². The van der Waals surface area contributed by atoms with Crippen LogP contribution in [0.4, 0.5) is 4.39 Å². The molecule has 0 aromatic heterocycles. The van der Waals surface area contributed by atoms with Crippen molar-refractivity contribution in [1.29, 1.82) is 0 Å². The van der Waals surface area contributed by atoms with E-state index in [1.54, 1.807) is 0 Å². The van der Waals surface area contributed by atoms with Gasteiger partial charge in [-0.1, -0.05) is 12.2 Å². The van der Waals surface area contributed by atoms with Gasteiger partial charge < -0.3 is 20.1 Å². The van der Waals surface area contributed by atoms with E-state index in [0.29, 0.717) is 25.6 Å². The molecule has 1 aromatic carbocycles. The highest BCUT2D eigenvalue weighted by atomic mass is 19.1. The van der Waals surface area contributed by atoms with Crippen LogP contribution >= 0.6 is 0 Å². The number of benzene rings is 1. The van der Waals surface area contributed by atoms with Gasteiger partial charge in [0.05, 0.1) is 6.61 Å². The van der Waals surface area contributed by atoms with Gasteiger partial charge in [-0.05, 0) is 43.9 Å². The average Bonchev–Trinajstić information content (AvgIpc) is 3.08. The van der Waals surface area contributed by atoms with Gasteiger partial charge in [0, 0.05) is 24.7 Å². The Hall–Kier alpha value is -2.08. The summed E-state index contributed by atoms with van der Waals surface area (Å²) in [7, 11) is 0. The molecule has 0 unspecified atom stereocenters. The molecule has 1 heterocycles. The Morgan fingerprint density at radius 3 is 2.96 bits per heavy atom. The van der Waals surface area contributed by atoms with Crippen LogP contribution in [0.2, 0.25) is 0 Å². The van der Waals surface area contributed by atoms with Crippen molar-refractivity contribution in [2.45, 2.75) is 38.8 Å². The van der Waals surface area contributed by atoms with Gasteiger partial charge >= 0.3 is 0 Å². The molecule has 0 saturated carbocycles. The maximum atomic E-state index is 13.8. The van der Waals surface area contributed by atoms with Crippen molar-refractivity contribution in [1.82, 2.24) is 10.6 Å². The molecule has 1 aliphatic heterocycles. The number of rotatable bonds is 5. The van der Waals surface area contributed by atoms with Crippen LogP contribution in [0.15, 0.2) is 29.3 Å². The normalized spacial score (nSPS) is 17.5. The molecular formula is C18H24FN3O2. The number of fused-ring (bicyclic) bond motifs is 1. The summed E-state index contributed by atoms with van der Waals surface area (Å²) in [5.41, 5.74) is 1.61. The number of hydrogen-bond donors (Lipinski definition) is 2. The third-order valence-corrected chi connectivity index (χ3v) is 4.10. The lowest BCUT2D eigenvalue weighted by Crippen LogP contribution is -2.42. The number of hydrogen-bond acceptors (Lipinski definition) is 3. The molecule has 130 valence electrons. The number of nitrogens with one attached hydrogen (secondary N) is 2. The van der Waals surface area contributed by atoms with Crippen molar-refractivity contribution >= 4 is 5.96 Å². The van der Waals surface area contributed by atoms with Crippen molar-refractivity contribution in [3.05, 3.63) is 41.2 Å². The molecule has 3 rings (SSSR count). The van der Waals surface area contributed by atoms with Crippen LogP contribution in [0, 0.1) is 5.82 Å². The first-order chi connectivity index (χ1) is 11.8. The fourth-order valence-corrected chi connectivity index (χ4v) is 2.98. The highest BCUT2D eigenvalue weighted by Gasteiger charge is 2.17. The van der Waals surface area contributed by atoms with Crippen molar-refractivity contribution in [3.8, 4) is 5.75 Å². The first-order valence-corrected chi connectivity index (χ1v) is 8.48. The SMILES string of the molecule is CCNC(=NCCc1cc(F)cc2c1OCOC2)NC1CC=CC1. The summed E-state index contributed by atoms with van der Waals surface area (Å²) in [6.45, 7) is 4.02. The first kappa shape index (κ1) is 16.8. The lowest BCUT2D eigenvalue weighted by molar-refractivity contribution is -0.0172. The predicted octanol–water partition coefficient (Wildman–Crippen LogP) is 2.51. The molecule has 0 radical (unpaired) electrons. The van der Waals surface area contributed by atoms with Crippen LogP contribution in [0.1, 0.15) is 30.9 Å². The predicted molar refractivity (Wildman–Crippen MR) is 91.7 cm³/mol. The summed E-state index contributed by atoms with van der Waals surface area (Å²) < 4.78 is 24.5. The molecule has 0 atom stereocenters. The van der Waals surface area contributed by atoms with Crippen molar-refractivity contribution in [2.75, 3.05) is 19.9 Å². The third-order valence-electron chi connectivity index (χ3n) is 4.10. The van der Waals surface area contributed by atoms with Crippen molar-refractivity contribution in [2.24, 2.45) is 4.99 Å². The fraction of sp³-hybridized carbons (Fsp3) is 0.500. The van der Waals surface area contributed by atoms with E-state index < -0.39 is 0 Å². The minimum absolute atomic E-state index is 0.216. The minimum Gasteiger partial charge on any atom is -0.467 e. The molecule has 0 amide bonds. The lowest BCUT2D eigenvalue weighted by atomic mass is 10.1. The Morgan fingerprint density at radius 2 is 2.17 bits per heavy atom. The van der Waals surface area contributed by atoms with Crippen LogP contribution in [0.25, 0.3) is 0 Å². The third kappa shape index (κ3) is 4.26. The summed E-state index contributed by atoms with van der Waals surface area (Å²) in [4.78, 5) is 4.61. The zero-order valence-corrected chi connectivity index (χ0v) is 14.0. The molecule has 2 aliphatic rings. The van der Waals surface area contributed by atoms with E-state index in [-0.39, 0.29) is 12.6 Å². The van der Waals surface area contributed by atoms with Crippen LogP contribution < -0.4 is 15.4 Å². The van der Waals surface area contributed by atoms with E-state index in [2.05, 4.69) is 27.8 Å². The maximum absolute atomic E-state index is 13.8. The molecule has 1 aromatic rings. The van der Waals surface area contributed by atoms with E-state index in [1.807, 2.05) is 6.92 Å². The standard InChI is InChI=1S/C18H24FN3O2/c1-2-20-18(22-16-5-3-4-6-16)21-8-7-13-9-15(19)10-14-11-23-12-24-17(13)14/h3-4,9-10,16H,2,5-8,11-12H2,1H3,(H2,20,21,22). The average molecular weight is 333 g/mol. The number of guanidine groups is 1. The zero-order valence-electron chi connectivity index (χ0n) is 14.0. The van der Waals surface area contributed by atoms with Crippen LogP contribution in [-0.2, 0) is 17.8 Å². The largest absolute Gasteiger partial charge is 0.467 e. The molecule has 2 N–H and O–H groups in total. The van der Waals surface area contributed by atoms with Gasteiger partial charge in [0.2, 0.25) is 0 Å². The maximum Gasteiger partial charge on any atom is 0.191 e. The Bertz CT molecular complexity index is 623. The molecular weight excluding hydrogens is 309 g/mol. The van der Waals surface area contributed by atoms with E-state index in [0.717, 1.165) is 42.2 Å². The van der Waals surface area contributed by atoms with Gasteiger partial charge in [0.25, 0.3) is 0 Å². The van der Waals surface area contributed by atoms with Gasteiger partial charge in [-0.25, -0.2) is 4.39 Å². The van der Waals surface area contributed by atoms with Gasteiger partial charge in [-0.15, -0.1) is 0 Å². The van der Waals surface area contributed by atoms with E-state index in [4.69, 9.17) is 9.47 Å². The molecule has 0 fully saturated rings. The molecule has 5 nitrogen and oxygen atoms in total. The number of aliphatic imine (C=N–C) groups is 1. The van der Waals surface area contributed by atoms with Crippen LogP contribution in [0.3, 0.4) is 0 Å². The topological polar surface area (TPSA) is 54.9 Å². The summed E-state index contributed by atoms with van der Waals surface area (Å²) in [6, 6.07) is 3.41. The van der Waals surface area contributed by atoms with Crippen molar-refractivity contribution in [3.63, 3.8) is 0 Å². The van der Waals surface area contributed by atoms with Crippen molar-refractivity contribution < 1.29 is 13.9 Å². The number of halogens is 1. The summed E-state index contributed by atoms with van der Waals surface area (Å²) in [6.07, 6.45) is 7.03. The zero-order chi connectivity index (χ0) is 16.8. The van der Waals surface area contributed by atoms with Crippen LogP contribution in [0.5, 0.6) is 5.75 Å². The Balaban J connectivity index is 1.64. The summed E-state index contributed by atoms with van der Waals surface area (Å²) in [5, 5.41) is 6.68. The summed E-state index contributed by atoms with van der Waals surface area (Å²) in [5.74, 6) is 1.29. The van der Waals surface area contributed by atoms with Gasteiger partial charge in [0.15, 0.2) is 12.8 Å². The fourth-order valence-electron chi connectivity index (χ4n) is 2.98. The molecule has 24 heavy (non-hydrogen) atoms. The Kier molecular flexibility index (Phi) is 5.69. The van der Waals surface area contributed by atoms with Gasteiger partial charge in [-0.3, -0.25) is 4.99 Å². The molecule has 0 bridgehead atoms. The van der Waals surface area contributed by atoms with E-state index in [9.17, 15) is 4.39 Å². The van der Waals surface area contributed by atoms with Gasteiger partial charge in [0.1, 0.15) is 11.6 Å². The molecule has 6 heteroatoms. The lowest BCUT2D eigenvalue weighted by Gasteiger charge is -2.21. The van der Waals surface area contributed by atoms with Gasteiger partial charge in [-0.2, -0.15) is 0 Å². The van der Waals surface area contributed by atoms with E-state index in [1.165, 1.54) is 12.1 Å². The molecule has 1 aliphatic carbocycles. The van der Waals surface area contributed by atoms with E-state index >= 15 is 0 Å². The monoisotopic (exact) mass is 333 g/mol. The minimum atomic E-state index is -0.260. The second-order valence-corrected chi connectivity index (χ2v) is 5.96. The highest BCUT2D eigenvalue weighted by molar-refractivity contribution is 5.80.